The number of rotatable bonds is 10. The van der Waals surface area contributed by atoms with E-state index >= 15 is 0 Å². The average molecular weight is 672 g/mol. The fraction of sp³-hybridized carbons (Fsp3) is 0.175. The number of fused-ring (bicyclic) bond motifs is 1. The van der Waals surface area contributed by atoms with E-state index in [1.165, 1.54) is 16.7 Å². The summed E-state index contributed by atoms with van der Waals surface area (Å²) in [6.45, 7) is 0.113. The number of carboxylic acids is 1. The molecule has 5 aromatic carbocycles. The molecule has 0 spiro atoms. The average Bonchev–Trinajstić information content (AvgIpc) is 3.38. The molecule has 3 atom stereocenters. The van der Waals surface area contributed by atoms with E-state index in [9.17, 15) is 24.6 Å². The molecule has 2 heterocycles. The summed E-state index contributed by atoms with van der Waals surface area (Å²) in [6.07, 6.45) is -0.673. The molecule has 0 aliphatic carbocycles. The van der Waals surface area contributed by atoms with Crippen LogP contribution in [0.1, 0.15) is 72.1 Å². The van der Waals surface area contributed by atoms with Gasteiger partial charge in [0.15, 0.2) is 6.29 Å². The van der Waals surface area contributed by atoms with E-state index in [-0.39, 0.29) is 42.7 Å². The Morgan fingerprint density at radius 3 is 2.12 bits per heavy atom. The van der Waals surface area contributed by atoms with Gasteiger partial charge in [-0.25, -0.2) is 4.79 Å². The Balaban J connectivity index is 1.13. The number of aliphatic hydroxyl groups is 1. The SMILES string of the molecule is O=C(O)c1ccccc1SC[C@H]1C[C@@H](c2ccc(CO)cc2)O[C@@H](c2cccc(-c3cccc(CN4C(=O)c5ccccc5C4=O)c3)c2)O1. The summed E-state index contributed by atoms with van der Waals surface area (Å²) in [5.74, 6) is -1.03. The van der Waals surface area contributed by atoms with Crippen molar-refractivity contribution in [2.24, 2.45) is 0 Å². The van der Waals surface area contributed by atoms with Crippen LogP contribution in [0, 0.1) is 0 Å². The van der Waals surface area contributed by atoms with Crippen LogP contribution in [-0.4, -0.2) is 44.8 Å². The van der Waals surface area contributed by atoms with Crippen LogP contribution in [0.15, 0.2) is 126 Å². The van der Waals surface area contributed by atoms with Crippen LogP contribution < -0.4 is 0 Å². The largest absolute Gasteiger partial charge is 0.478 e. The molecule has 1 saturated heterocycles. The quantitative estimate of drug-likeness (QED) is 0.115. The van der Waals surface area contributed by atoms with E-state index in [1.807, 2.05) is 84.9 Å². The van der Waals surface area contributed by atoms with Gasteiger partial charge in [-0.05, 0) is 64.2 Å². The van der Waals surface area contributed by atoms with Crippen molar-refractivity contribution in [2.75, 3.05) is 5.75 Å². The van der Waals surface area contributed by atoms with Crippen LogP contribution in [0.2, 0.25) is 0 Å². The number of amides is 2. The fourth-order valence-electron chi connectivity index (χ4n) is 6.25. The van der Waals surface area contributed by atoms with E-state index < -0.39 is 12.3 Å². The zero-order valence-electron chi connectivity index (χ0n) is 26.4. The number of aliphatic hydroxyl groups excluding tert-OH is 1. The molecule has 0 unspecified atom stereocenters. The second kappa shape index (κ2) is 14.2. The topological polar surface area (TPSA) is 113 Å². The van der Waals surface area contributed by atoms with Gasteiger partial charge in [0, 0.05) is 22.6 Å². The second-order valence-electron chi connectivity index (χ2n) is 12.0. The Morgan fingerprint density at radius 2 is 1.41 bits per heavy atom. The van der Waals surface area contributed by atoms with Gasteiger partial charge in [-0.1, -0.05) is 84.9 Å². The normalized spacial score (nSPS) is 18.8. The maximum absolute atomic E-state index is 13.0. The van der Waals surface area contributed by atoms with Crippen molar-refractivity contribution in [1.29, 1.82) is 0 Å². The number of thioether (sulfide) groups is 1. The van der Waals surface area contributed by atoms with Gasteiger partial charge in [-0.15, -0.1) is 11.8 Å². The minimum Gasteiger partial charge on any atom is -0.478 e. The van der Waals surface area contributed by atoms with Crippen molar-refractivity contribution in [3.8, 4) is 11.1 Å². The van der Waals surface area contributed by atoms with Gasteiger partial charge in [0.25, 0.3) is 11.8 Å². The maximum atomic E-state index is 13.0. The molecule has 9 heteroatoms. The van der Waals surface area contributed by atoms with Gasteiger partial charge in [-0.3, -0.25) is 14.5 Å². The van der Waals surface area contributed by atoms with Crippen molar-refractivity contribution < 1.29 is 34.1 Å². The van der Waals surface area contributed by atoms with Crippen molar-refractivity contribution >= 4 is 29.5 Å². The number of imide groups is 1. The Bertz CT molecular complexity index is 1990. The number of carbonyl (C=O) groups excluding carboxylic acids is 2. The second-order valence-corrected chi connectivity index (χ2v) is 13.1. The Labute approximate surface area is 287 Å². The lowest BCUT2D eigenvalue weighted by molar-refractivity contribution is -0.245. The number of hydrogen-bond acceptors (Lipinski definition) is 7. The third-order valence-corrected chi connectivity index (χ3v) is 10.0. The Morgan fingerprint density at radius 1 is 0.735 bits per heavy atom. The maximum Gasteiger partial charge on any atom is 0.336 e. The molecule has 0 bridgehead atoms. The molecule has 8 nitrogen and oxygen atoms in total. The molecule has 2 amide bonds. The molecule has 7 rings (SSSR count). The predicted octanol–water partition coefficient (Wildman–Crippen LogP) is 7.68. The monoisotopic (exact) mass is 671 g/mol. The van der Waals surface area contributed by atoms with Gasteiger partial charge in [-0.2, -0.15) is 0 Å². The van der Waals surface area contributed by atoms with Crippen molar-refractivity contribution in [2.45, 2.75) is 43.0 Å². The molecule has 2 aliphatic heterocycles. The first-order valence-corrected chi connectivity index (χ1v) is 17.0. The first-order valence-electron chi connectivity index (χ1n) is 16.0. The summed E-state index contributed by atoms with van der Waals surface area (Å²) < 4.78 is 13.1. The lowest BCUT2D eigenvalue weighted by Gasteiger charge is -2.36. The molecule has 49 heavy (non-hydrogen) atoms. The zero-order valence-corrected chi connectivity index (χ0v) is 27.2. The Kier molecular flexibility index (Phi) is 9.41. The first-order chi connectivity index (χ1) is 23.9. The van der Waals surface area contributed by atoms with Crippen LogP contribution >= 0.6 is 11.8 Å². The molecule has 0 radical (unpaired) electrons. The predicted molar refractivity (Wildman–Crippen MR) is 185 cm³/mol. The van der Waals surface area contributed by atoms with Crippen LogP contribution in [0.4, 0.5) is 0 Å². The first kappa shape index (κ1) is 32.5. The molecule has 0 saturated carbocycles. The molecular weight excluding hydrogens is 639 g/mol. The fourth-order valence-corrected chi connectivity index (χ4v) is 7.32. The molecule has 2 aliphatic rings. The van der Waals surface area contributed by atoms with Gasteiger partial charge < -0.3 is 19.7 Å². The number of aromatic carboxylic acids is 1. The summed E-state index contributed by atoms with van der Waals surface area (Å²) in [6, 6.07) is 37.2. The molecule has 0 aromatic heterocycles. The zero-order chi connectivity index (χ0) is 33.9. The van der Waals surface area contributed by atoms with E-state index in [0.717, 1.165) is 33.4 Å². The number of carboxylic acid groups (broad SMARTS) is 1. The standard InChI is InChI=1S/C40H33NO7S/c42-23-25-15-17-27(18-16-25)35-21-31(24-49-36-14-4-3-13-34(36)39(45)46)47-40(48-35)30-10-6-9-29(20-30)28-8-5-7-26(19-28)22-41-37(43)32-11-1-2-12-33(32)38(41)44/h1-20,31,35,40,42H,21-24H2,(H,45,46)/t31-,35+,40+/m1/s1. The number of benzene rings is 5. The van der Waals surface area contributed by atoms with Crippen molar-refractivity contribution in [1.82, 2.24) is 4.90 Å². The van der Waals surface area contributed by atoms with E-state index in [2.05, 4.69) is 0 Å². The van der Waals surface area contributed by atoms with E-state index in [1.54, 1.807) is 36.4 Å². The van der Waals surface area contributed by atoms with E-state index in [4.69, 9.17) is 9.47 Å². The number of nitrogens with zero attached hydrogens (tertiary/aromatic N) is 1. The molecular formula is C40H33NO7S. The number of hydrogen-bond donors (Lipinski definition) is 2. The smallest absolute Gasteiger partial charge is 0.336 e. The van der Waals surface area contributed by atoms with Crippen LogP contribution in [-0.2, 0) is 22.6 Å². The van der Waals surface area contributed by atoms with Gasteiger partial charge in [0.05, 0.1) is 42.0 Å². The lowest BCUT2D eigenvalue weighted by Crippen LogP contribution is -2.31. The number of ether oxygens (including phenoxy) is 2. The highest BCUT2D eigenvalue weighted by atomic mass is 32.2. The molecule has 5 aromatic rings. The summed E-state index contributed by atoms with van der Waals surface area (Å²) >= 11 is 1.45. The molecule has 1 fully saturated rings. The highest BCUT2D eigenvalue weighted by Gasteiger charge is 2.35. The van der Waals surface area contributed by atoms with Crippen LogP contribution in [0.3, 0.4) is 0 Å². The van der Waals surface area contributed by atoms with Crippen molar-refractivity contribution in [3.05, 3.63) is 160 Å². The van der Waals surface area contributed by atoms with Crippen molar-refractivity contribution in [3.63, 3.8) is 0 Å². The van der Waals surface area contributed by atoms with Gasteiger partial charge >= 0.3 is 5.97 Å². The van der Waals surface area contributed by atoms with Gasteiger partial charge in [0.1, 0.15) is 0 Å². The van der Waals surface area contributed by atoms with Gasteiger partial charge in [0.2, 0.25) is 0 Å². The van der Waals surface area contributed by atoms with Crippen LogP contribution in [0.25, 0.3) is 11.1 Å². The highest BCUT2D eigenvalue weighted by Crippen LogP contribution is 2.40. The summed E-state index contributed by atoms with van der Waals surface area (Å²) in [5, 5.41) is 19.2. The third kappa shape index (κ3) is 6.93. The Hall–Kier alpha value is -5.06. The highest BCUT2D eigenvalue weighted by molar-refractivity contribution is 7.99. The van der Waals surface area contributed by atoms with E-state index in [0.29, 0.717) is 28.2 Å². The third-order valence-electron chi connectivity index (χ3n) is 8.80. The molecule has 246 valence electrons. The summed E-state index contributed by atoms with van der Waals surface area (Å²) in [7, 11) is 0. The minimum absolute atomic E-state index is 0.0495. The summed E-state index contributed by atoms with van der Waals surface area (Å²) in [5.41, 5.74) is 6.36. The number of carbonyl (C=O) groups is 3. The van der Waals surface area contributed by atoms with Crippen LogP contribution in [0.5, 0.6) is 0 Å². The minimum atomic E-state index is -0.972. The lowest BCUT2D eigenvalue weighted by atomic mass is 9.99. The molecule has 2 N–H and O–H groups in total. The summed E-state index contributed by atoms with van der Waals surface area (Å²) in [4.78, 5) is 39.7.